The van der Waals surface area contributed by atoms with Crippen molar-refractivity contribution in [3.63, 3.8) is 0 Å². The third kappa shape index (κ3) is 4.95. The van der Waals surface area contributed by atoms with Crippen LogP contribution in [0.4, 0.5) is 0 Å². The molecular weight excluding hydrogens is 651 g/mol. The first-order valence-electron chi connectivity index (χ1n) is 17.7. The molecule has 0 bridgehead atoms. The van der Waals surface area contributed by atoms with Gasteiger partial charge in [-0.2, -0.15) is 0 Å². The largest absolute Gasteiger partial charge is 0.309 e. The summed E-state index contributed by atoms with van der Waals surface area (Å²) in [6, 6.07) is 58.6. The Bertz CT molecular complexity index is 2920. The van der Waals surface area contributed by atoms with Crippen molar-refractivity contribution in [3.8, 4) is 50.7 Å². The van der Waals surface area contributed by atoms with E-state index in [4.69, 9.17) is 9.97 Å². The summed E-state index contributed by atoms with van der Waals surface area (Å²) < 4.78 is 4.94. The molecular formula is C48H33N3S. The van der Waals surface area contributed by atoms with Crippen LogP contribution in [-0.2, 0) is 0 Å². The van der Waals surface area contributed by atoms with Gasteiger partial charge >= 0.3 is 0 Å². The fourth-order valence-corrected chi connectivity index (χ4v) is 8.90. The molecule has 52 heavy (non-hydrogen) atoms. The monoisotopic (exact) mass is 683 g/mol. The molecule has 0 fully saturated rings. The molecule has 4 heteroatoms. The molecule has 7 aromatic carbocycles. The summed E-state index contributed by atoms with van der Waals surface area (Å²) in [6.45, 7) is 4.43. The van der Waals surface area contributed by atoms with Gasteiger partial charge in [0.1, 0.15) is 0 Å². The van der Waals surface area contributed by atoms with Crippen LogP contribution in [0.2, 0.25) is 0 Å². The maximum absolute atomic E-state index is 5.23. The number of benzene rings is 7. The van der Waals surface area contributed by atoms with Gasteiger partial charge in [0, 0.05) is 53.3 Å². The van der Waals surface area contributed by atoms with Gasteiger partial charge in [-0.05, 0) is 84.6 Å². The zero-order valence-corrected chi connectivity index (χ0v) is 29.7. The van der Waals surface area contributed by atoms with Crippen molar-refractivity contribution in [1.82, 2.24) is 14.5 Å². The third-order valence-electron chi connectivity index (χ3n) is 10.3. The van der Waals surface area contributed by atoms with Crippen molar-refractivity contribution >= 4 is 53.3 Å². The van der Waals surface area contributed by atoms with Crippen LogP contribution >= 0.6 is 11.3 Å². The lowest BCUT2D eigenvalue weighted by Gasteiger charge is -2.13. The minimum Gasteiger partial charge on any atom is -0.309 e. The van der Waals surface area contributed by atoms with Crippen LogP contribution in [-0.4, -0.2) is 14.5 Å². The molecule has 0 saturated carbocycles. The summed E-state index contributed by atoms with van der Waals surface area (Å²) in [7, 11) is 0. The van der Waals surface area contributed by atoms with Gasteiger partial charge < -0.3 is 4.57 Å². The van der Waals surface area contributed by atoms with E-state index in [-0.39, 0.29) is 0 Å². The molecule has 246 valence electrons. The number of hydrogen-bond acceptors (Lipinski definition) is 3. The first kappa shape index (κ1) is 30.5. The van der Waals surface area contributed by atoms with Crippen LogP contribution in [0.3, 0.4) is 0 Å². The summed E-state index contributed by atoms with van der Waals surface area (Å²) in [5.74, 6) is 0.722. The van der Waals surface area contributed by atoms with Gasteiger partial charge in [0.05, 0.1) is 22.4 Å². The molecule has 0 aliphatic heterocycles. The summed E-state index contributed by atoms with van der Waals surface area (Å²) >= 11 is 1.84. The molecule has 3 heterocycles. The fraction of sp³-hybridized carbons (Fsp3) is 0.0417. The third-order valence-corrected chi connectivity index (χ3v) is 11.4. The second kappa shape index (κ2) is 12.2. The standard InChI is InChI=1S/C48H33N3S/c1-30-14-9-10-19-35(30)38-28-39-36-20-11-12-22-43(36)51(44(39)26-31(38)2)34-24-25-45-40(27-34)47-37(21-13-23-46(47)52-45)42-29-41(32-15-5-3-6-16-32)49-48(50-42)33-17-7-4-8-18-33/h3-29H,1-2H3. The van der Waals surface area contributed by atoms with E-state index in [0.29, 0.717) is 0 Å². The molecule has 0 N–H and O–H groups in total. The Morgan fingerprint density at radius 1 is 0.442 bits per heavy atom. The number of rotatable bonds is 5. The highest BCUT2D eigenvalue weighted by Crippen LogP contribution is 2.43. The summed E-state index contributed by atoms with van der Waals surface area (Å²) in [4.78, 5) is 10.3. The van der Waals surface area contributed by atoms with Crippen LogP contribution in [0.1, 0.15) is 11.1 Å². The second-order valence-electron chi connectivity index (χ2n) is 13.5. The van der Waals surface area contributed by atoms with Crippen molar-refractivity contribution in [2.75, 3.05) is 0 Å². The van der Waals surface area contributed by atoms with Gasteiger partial charge in [-0.3, -0.25) is 0 Å². The second-order valence-corrected chi connectivity index (χ2v) is 14.6. The highest BCUT2D eigenvalue weighted by molar-refractivity contribution is 7.26. The van der Waals surface area contributed by atoms with E-state index in [0.717, 1.165) is 39.6 Å². The minimum absolute atomic E-state index is 0.722. The molecule has 0 spiro atoms. The van der Waals surface area contributed by atoms with Gasteiger partial charge in [-0.1, -0.05) is 115 Å². The van der Waals surface area contributed by atoms with Crippen LogP contribution in [0.15, 0.2) is 164 Å². The Hall–Kier alpha value is -6.36. The van der Waals surface area contributed by atoms with Gasteiger partial charge in [-0.15, -0.1) is 11.3 Å². The number of aryl methyl sites for hydroxylation is 2. The van der Waals surface area contributed by atoms with E-state index in [1.807, 2.05) is 35.6 Å². The SMILES string of the molecule is Cc1ccccc1-c1cc2c3ccccc3n(-c3ccc4sc5cccc(-c6cc(-c7ccccc7)nc(-c7ccccc7)n6)c5c4c3)c2cc1C. The molecule has 10 rings (SSSR count). The number of nitrogens with zero attached hydrogens (tertiary/aromatic N) is 3. The van der Waals surface area contributed by atoms with E-state index in [1.165, 1.54) is 64.2 Å². The average molecular weight is 684 g/mol. The van der Waals surface area contributed by atoms with Crippen LogP contribution in [0, 0.1) is 13.8 Å². The van der Waals surface area contributed by atoms with Gasteiger partial charge in [0.2, 0.25) is 0 Å². The molecule has 0 aliphatic carbocycles. The summed E-state index contributed by atoms with van der Waals surface area (Å²) in [6.07, 6.45) is 0. The molecule has 0 radical (unpaired) electrons. The zero-order chi connectivity index (χ0) is 34.8. The van der Waals surface area contributed by atoms with Crippen LogP contribution < -0.4 is 0 Å². The van der Waals surface area contributed by atoms with E-state index in [1.54, 1.807) is 0 Å². The highest BCUT2D eigenvalue weighted by atomic mass is 32.1. The smallest absolute Gasteiger partial charge is 0.160 e. The first-order valence-corrected chi connectivity index (χ1v) is 18.5. The van der Waals surface area contributed by atoms with Crippen LogP contribution in [0.5, 0.6) is 0 Å². The minimum atomic E-state index is 0.722. The molecule has 0 unspecified atom stereocenters. The molecule has 0 aliphatic rings. The number of hydrogen-bond donors (Lipinski definition) is 0. The number of thiophene rings is 1. The summed E-state index contributed by atoms with van der Waals surface area (Å²) in [5.41, 5.74) is 13.7. The van der Waals surface area contributed by atoms with E-state index in [9.17, 15) is 0 Å². The van der Waals surface area contributed by atoms with E-state index >= 15 is 0 Å². The molecule has 3 aromatic heterocycles. The average Bonchev–Trinajstić information content (AvgIpc) is 3.73. The lowest BCUT2D eigenvalue weighted by atomic mass is 9.95. The normalized spacial score (nSPS) is 11.7. The Labute approximate surface area is 306 Å². The molecule has 0 atom stereocenters. The molecule has 3 nitrogen and oxygen atoms in total. The number of aromatic nitrogens is 3. The van der Waals surface area contributed by atoms with Gasteiger partial charge in [0.25, 0.3) is 0 Å². The van der Waals surface area contributed by atoms with Crippen molar-refractivity contribution in [2.45, 2.75) is 13.8 Å². The Kier molecular flexibility index (Phi) is 7.12. The fourth-order valence-electron chi connectivity index (χ4n) is 7.79. The van der Waals surface area contributed by atoms with Crippen molar-refractivity contribution < 1.29 is 0 Å². The van der Waals surface area contributed by atoms with Crippen molar-refractivity contribution in [3.05, 3.63) is 175 Å². The quantitative estimate of drug-likeness (QED) is 0.181. The predicted molar refractivity (Wildman–Crippen MR) is 220 cm³/mol. The molecule has 10 aromatic rings. The zero-order valence-electron chi connectivity index (χ0n) is 28.8. The van der Waals surface area contributed by atoms with E-state index in [2.05, 4.69) is 158 Å². The topological polar surface area (TPSA) is 30.7 Å². The lowest BCUT2D eigenvalue weighted by molar-refractivity contribution is 1.18. The predicted octanol–water partition coefficient (Wildman–Crippen LogP) is 13.2. The highest BCUT2D eigenvalue weighted by Gasteiger charge is 2.19. The summed E-state index contributed by atoms with van der Waals surface area (Å²) in [5, 5.41) is 4.97. The Morgan fingerprint density at radius 2 is 1.15 bits per heavy atom. The number of para-hydroxylation sites is 1. The lowest BCUT2D eigenvalue weighted by Crippen LogP contribution is -1.96. The number of fused-ring (bicyclic) bond motifs is 6. The maximum atomic E-state index is 5.23. The van der Waals surface area contributed by atoms with Crippen molar-refractivity contribution in [1.29, 1.82) is 0 Å². The Balaban J connectivity index is 1.21. The van der Waals surface area contributed by atoms with Gasteiger partial charge in [0.15, 0.2) is 5.82 Å². The maximum Gasteiger partial charge on any atom is 0.160 e. The van der Waals surface area contributed by atoms with Gasteiger partial charge in [-0.25, -0.2) is 9.97 Å². The molecule has 0 amide bonds. The van der Waals surface area contributed by atoms with Crippen molar-refractivity contribution in [2.24, 2.45) is 0 Å². The van der Waals surface area contributed by atoms with Crippen LogP contribution in [0.25, 0.3) is 92.7 Å². The van der Waals surface area contributed by atoms with E-state index < -0.39 is 0 Å². The first-order chi connectivity index (χ1) is 25.6. The Morgan fingerprint density at radius 3 is 1.98 bits per heavy atom. The molecule has 0 saturated heterocycles.